The first-order valence-corrected chi connectivity index (χ1v) is 16.8. The monoisotopic (exact) mass is 732 g/mol. The number of benzene rings is 2. The van der Waals surface area contributed by atoms with E-state index in [1.807, 2.05) is 85.5 Å². The van der Waals surface area contributed by atoms with Crippen molar-refractivity contribution < 1.29 is 38.1 Å². The molecule has 9 heteroatoms. The number of methoxy groups -OCH3 is 1. The molecule has 2 aromatic carbocycles. The summed E-state index contributed by atoms with van der Waals surface area (Å²) in [4.78, 5) is 40.4. The number of ketones is 2. The number of carbonyl (C=O) groups is 3. The van der Waals surface area contributed by atoms with E-state index in [2.05, 4.69) is 22.6 Å². The Kier molecular flexibility index (Phi) is 12.8. The van der Waals surface area contributed by atoms with Crippen LogP contribution in [0.1, 0.15) is 64.5 Å². The molecule has 0 aromatic heterocycles. The van der Waals surface area contributed by atoms with E-state index in [1.54, 1.807) is 14.0 Å². The molecule has 7 atom stereocenters. The second-order valence-corrected chi connectivity index (χ2v) is 13.5. The van der Waals surface area contributed by atoms with Gasteiger partial charge in [-0.25, -0.2) is 0 Å². The number of rotatable bonds is 8. The van der Waals surface area contributed by atoms with Gasteiger partial charge in [-0.3, -0.25) is 14.4 Å². The zero-order valence-electron chi connectivity index (χ0n) is 26.8. The van der Waals surface area contributed by atoms with Gasteiger partial charge in [0.1, 0.15) is 11.9 Å². The third kappa shape index (κ3) is 9.47. The van der Waals surface area contributed by atoms with Crippen molar-refractivity contribution in [3.63, 3.8) is 0 Å². The fraction of sp³-hybridized carbons (Fsp3) is 0.528. The Morgan fingerprint density at radius 3 is 2.24 bits per heavy atom. The topological polar surface area (TPSA) is 97.4 Å². The van der Waals surface area contributed by atoms with Crippen molar-refractivity contribution in [3.05, 3.63) is 75.9 Å². The summed E-state index contributed by atoms with van der Waals surface area (Å²) in [5.41, 5.74) is 1.22. The SMILES string of the molecule is COc1ccc(CO[C@@H]2C[C@@H](C)C(=O)C(=O)C[C@@H]3C[C@H](OCc4ccccc4)[C@@H](C)[C@H](CC(=O)O[C@H](/C=C/I)C2(C)C)O3)cc1. The van der Waals surface area contributed by atoms with Crippen LogP contribution in [0, 0.1) is 17.3 Å². The van der Waals surface area contributed by atoms with Crippen LogP contribution in [-0.2, 0) is 46.5 Å². The van der Waals surface area contributed by atoms with Crippen molar-refractivity contribution in [2.45, 2.75) is 97.1 Å². The van der Waals surface area contributed by atoms with Crippen molar-refractivity contribution in [3.8, 4) is 5.75 Å². The standard InChI is InChI=1S/C36H45IO8/c1-23-17-33(43-22-26-11-13-27(41-5)14-12-26)36(3,4)32(15-16-37)45-34(39)20-31-24(2)30(42-21-25-9-7-6-8-10-25)19-28(44-31)18-29(38)35(23)40/h6-16,23-24,28,30-33H,17-22H2,1-5H3/b16-15+/t23-,24-,28-,30+,31+,32-,33-/m1/s1. The number of ether oxygens (including phenoxy) is 5. The number of hydrogen-bond donors (Lipinski definition) is 0. The number of esters is 1. The first-order valence-electron chi connectivity index (χ1n) is 15.6. The van der Waals surface area contributed by atoms with Gasteiger partial charge in [0.25, 0.3) is 0 Å². The average molecular weight is 733 g/mol. The van der Waals surface area contributed by atoms with Gasteiger partial charge in [0.05, 0.1) is 51.2 Å². The highest BCUT2D eigenvalue weighted by Gasteiger charge is 2.44. The number of cyclic esters (lactones) is 1. The summed E-state index contributed by atoms with van der Waals surface area (Å²) in [7, 11) is 1.61. The van der Waals surface area contributed by atoms with Crippen LogP contribution in [0.5, 0.6) is 5.75 Å². The van der Waals surface area contributed by atoms with Crippen LogP contribution in [0.2, 0.25) is 0 Å². The van der Waals surface area contributed by atoms with Gasteiger partial charge in [-0.2, -0.15) is 0 Å². The minimum Gasteiger partial charge on any atom is -0.497 e. The molecular formula is C36H45IO8. The van der Waals surface area contributed by atoms with E-state index < -0.39 is 53.3 Å². The molecular weight excluding hydrogens is 687 g/mol. The molecule has 8 nitrogen and oxygen atoms in total. The Hall–Kier alpha value is -2.60. The van der Waals surface area contributed by atoms with E-state index in [1.165, 1.54) is 0 Å². The van der Waals surface area contributed by atoms with Crippen LogP contribution < -0.4 is 4.74 Å². The molecule has 244 valence electrons. The summed E-state index contributed by atoms with van der Waals surface area (Å²) < 4.78 is 32.4. The van der Waals surface area contributed by atoms with Crippen molar-refractivity contribution in [2.24, 2.45) is 17.3 Å². The normalized spacial score (nSPS) is 29.6. The highest BCUT2D eigenvalue weighted by molar-refractivity contribution is 14.1. The molecule has 2 aliphatic heterocycles. The Morgan fingerprint density at radius 1 is 0.911 bits per heavy atom. The number of Topliss-reactive ketones (excluding diaryl/α,β-unsaturated/α-hetero) is 2. The zero-order chi connectivity index (χ0) is 32.6. The van der Waals surface area contributed by atoms with Gasteiger partial charge in [0, 0.05) is 30.1 Å². The first-order chi connectivity index (χ1) is 21.5. The van der Waals surface area contributed by atoms with E-state index in [-0.39, 0.29) is 37.9 Å². The lowest BCUT2D eigenvalue weighted by Gasteiger charge is -2.42. The maximum atomic E-state index is 13.5. The Balaban J connectivity index is 1.58. The molecule has 0 amide bonds. The predicted molar refractivity (Wildman–Crippen MR) is 179 cm³/mol. The number of halogens is 1. The van der Waals surface area contributed by atoms with Crippen LogP contribution in [0.4, 0.5) is 0 Å². The fourth-order valence-corrected chi connectivity index (χ4v) is 6.44. The smallest absolute Gasteiger partial charge is 0.309 e. The average Bonchev–Trinajstić information content (AvgIpc) is 3.03. The lowest BCUT2D eigenvalue weighted by atomic mass is 9.76. The molecule has 0 aliphatic carbocycles. The van der Waals surface area contributed by atoms with E-state index in [9.17, 15) is 14.4 Å². The minimum atomic E-state index is -0.742. The van der Waals surface area contributed by atoms with Gasteiger partial charge < -0.3 is 23.7 Å². The molecule has 4 rings (SSSR count). The van der Waals surface area contributed by atoms with Crippen molar-refractivity contribution >= 4 is 40.1 Å². The number of fused-ring (bicyclic) bond motifs is 2. The fourth-order valence-electron chi connectivity index (χ4n) is 6.06. The quantitative estimate of drug-likeness (QED) is 0.166. The molecule has 2 saturated heterocycles. The molecule has 0 unspecified atom stereocenters. The third-order valence-electron chi connectivity index (χ3n) is 9.09. The van der Waals surface area contributed by atoms with E-state index >= 15 is 0 Å². The summed E-state index contributed by atoms with van der Waals surface area (Å²) in [6, 6.07) is 17.4. The summed E-state index contributed by atoms with van der Waals surface area (Å²) in [6.07, 6.45) is 0.0172. The zero-order valence-corrected chi connectivity index (χ0v) is 28.9. The lowest BCUT2D eigenvalue weighted by molar-refractivity contribution is -0.180. The lowest BCUT2D eigenvalue weighted by Crippen LogP contribution is -2.48. The second-order valence-electron chi connectivity index (χ2n) is 12.8. The van der Waals surface area contributed by atoms with Crippen molar-refractivity contribution in [2.75, 3.05) is 7.11 Å². The predicted octanol–water partition coefficient (Wildman–Crippen LogP) is 6.80. The van der Waals surface area contributed by atoms with Crippen LogP contribution in [0.3, 0.4) is 0 Å². The maximum Gasteiger partial charge on any atom is 0.309 e. The van der Waals surface area contributed by atoms with Gasteiger partial charge in [-0.15, -0.1) is 0 Å². The van der Waals surface area contributed by atoms with Gasteiger partial charge in [0.15, 0.2) is 0 Å². The van der Waals surface area contributed by atoms with Crippen LogP contribution in [-0.4, -0.2) is 55.2 Å². The Labute approximate surface area is 280 Å². The van der Waals surface area contributed by atoms with E-state index in [4.69, 9.17) is 23.7 Å². The molecule has 2 fully saturated rings. The Bertz CT molecular complexity index is 1310. The summed E-state index contributed by atoms with van der Waals surface area (Å²) in [5.74, 6) is -1.32. The molecule has 2 bridgehead atoms. The molecule has 2 aromatic rings. The molecule has 45 heavy (non-hydrogen) atoms. The molecule has 0 radical (unpaired) electrons. The summed E-state index contributed by atoms with van der Waals surface area (Å²) in [5, 5.41) is 0. The third-order valence-corrected chi connectivity index (χ3v) is 9.51. The first kappa shape index (κ1) is 35.3. The van der Waals surface area contributed by atoms with Crippen molar-refractivity contribution in [1.29, 1.82) is 0 Å². The van der Waals surface area contributed by atoms with Gasteiger partial charge in [-0.1, -0.05) is 92.8 Å². The minimum absolute atomic E-state index is 0.000438. The molecule has 2 heterocycles. The largest absolute Gasteiger partial charge is 0.497 e. The van der Waals surface area contributed by atoms with E-state index in [0.717, 1.165) is 16.9 Å². The Morgan fingerprint density at radius 2 is 1.58 bits per heavy atom. The van der Waals surface area contributed by atoms with Crippen LogP contribution in [0.25, 0.3) is 0 Å². The summed E-state index contributed by atoms with van der Waals surface area (Å²) in [6.45, 7) is 8.37. The molecule has 0 saturated carbocycles. The second kappa shape index (κ2) is 16.3. The molecule has 2 aliphatic rings. The van der Waals surface area contributed by atoms with Gasteiger partial charge in [-0.05, 0) is 39.8 Å². The highest BCUT2D eigenvalue weighted by Crippen LogP contribution is 2.38. The number of carbonyl (C=O) groups excluding carboxylic acids is 3. The van der Waals surface area contributed by atoms with Gasteiger partial charge in [0.2, 0.25) is 11.6 Å². The maximum absolute atomic E-state index is 13.5. The molecule has 0 N–H and O–H groups in total. The van der Waals surface area contributed by atoms with Gasteiger partial charge >= 0.3 is 5.97 Å². The van der Waals surface area contributed by atoms with Crippen LogP contribution >= 0.6 is 22.6 Å². The van der Waals surface area contributed by atoms with E-state index in [0.29, 0.717) is 13.0 Å². The molecule has 0 spiro atoms. The van der Waals surface area contributed by atoms with Crippen LogP contribution in [0.15, 0.2) is 64.8 Å². The summed E-state index contributed by atoms with van der Waals surface area (Å²) >= 11 is 2.11. The van der Waals surface area contributed by atoms with Crippen molar-refractivity contribution in [1.82, 2.24) is 0 Å². The highest BCUT2D eigenvalue weighted by atomic mass is 127. The number of hydrogen-bond acceptors (Lipinski definition) is 8.